The summed E-state index contributed by atoms with van der Waals surface area (Å²) in [5.41, 5.74) is 0. The quantitative estimate of drug-likeness (QED) is 0.663. The molecule has 1 aliphatic heterocycles. The maximum atomic E-state index is 5.50. The van der Waals surface area contributed by atoms with Crippen molar-refractivity contribution >= 4 is 0 Å². The first-order valence-electron chi connectivity index (χ1n) is 6.34. The van der Waals surface area contributed by atoms with E-state index in [1.807, 2.05) is 13.8 Å². The predicted molar refractivity (Wildman–Crippen MR) is 65.5 cm³/mol. The number of rotatable bonds is 7. The summed E-state index contributed by atoms with van der Waals surface area (Å²) in [5, 5.41) is 3.52. The van der Waals surface area contributed by atoms with Gasteiger partial charge in [0.2, 0.25) is 0 Å². The molecule has 4 heteroatoms. The van der Waals surface area contributed by atoms with Crippen molar-refractivity contribution in [2.45, 2.75) is 45.6 Å². The first-order valence-corrected chi connectivity index (χ1v) is 6.34. The Balaban J connectivity index is 2.21. The molecule has 96 valence electrons. The molecule has 0 aromatic carbocycles. The van der Waals surface area contributed by atoms with Crippen LogP contribution in [0.5, 0.6) is 0 Å². The van der Waals surface area contributed by atoms with Crippen LogP contribution >= 0.6 is 0 Å². The van der Waals surface area contributed by atoms with Crippen LogP contribution in [0.4, 0.5) is 0 Å². The smallest absolute Gasteiger partial charge is 0.169 e. The van der Waals surface area contributed by atoms with E-state index in [-0.39, 0.29) is 6.29 Å². The SMILES string of the molecule is CCOC(CNC1CC(C)N(C)C1)OCC. The van der Waals surface area contributed by atoms with Crippen molar-refractivity contribution in [1.29, 1.82) is 0 Å². The van der Waals surface area contributed by atoms with Crippen molar-refractivity contribution < 1.29 is 9.47 Å². The van der Waals surface area contributed by atoms with Crippen LogP contribution in [0, 0.1) is 0 Å². The Bertz CT molecular complexity index is 172. The van der Waals surface area contributed by atoms with E-state index in [2.05, 4.69) is 24.2 Å². The Labute approximate surface area is 99.3 Å². The highest BCUT2D eigenvalue weighted by Gasteiger charge is 2.26. The standard InChI is InChI=1S/C12H26N2O2/c1-5-15-12(16-6-2)8-13-11-7-10(3)14(4)9-11/h10-13H,5-9H2,1-4H3. The molecule has 0 aromatic rings. The third kappa shape index (κ3) is 4.37. The Kier molecular flexibility index (Phi) is 6.28. The number of nitrogens with zero attached hydrogens (tertiary/aromatic N) is 1. The second-order valence-electron chi connectivity index (χ2n) is 4.47. The van der Waals surface area contributed by atoms with Crippen LogP contribution in [0.3, 0.4) is 0 Å². The van der Waals surface area contributed by atoms with E-state index in [0.29, 0.717) is 25.3 Å². The Morgan fingerprint density at radius 3 is 2.38 bits per heavy atom. The fourth-order valence-electron chi connectivity index (χ4n) is 2.14. The molecular formula is C12H26N2O2. The van der Waals surface area contributed by atoms with Gasteiger partial charge >= 0.3 is 0 Å². The Morgan fingerprint density at radius 2 is 1.94 bits per heavy atom. The van der Waals surface area contributed by atoms with Gasteiger partial charge in [0.1, 0.15) is 0 Å². The molecule has 1 aliphatic rings. The first kappa shape index (κ1) is 13.9. The monoisotopic (exact) mass is 230 g/mol. The zero-order chi connectivity index (χ0) is 12.0. The lowest BCUT2D eigenvalue weighted by Crippen LogP contribution is -2.39. The van der Waals surface area contributed by atoms with Crippen LogP contribution in [-0.2, 0) is 9.47 Å². The normalized spacial score (nSPS) is 26.8. The zero-order valence-electron chi connectivity index (χ0n) is 11.0. The van der Waals surface area contributed by atoms with E-state index in [1.165, 1.54) is 6.42 Å². The van der Waals surface area contributed by atoms with Gasteiger partial charge in [-0.3, -0.25) is 0 Å². The van der Waals surface area contributed by atoms with Gasteiger partial charge < -0.3 is 19.7 Å². The molecule has 0 aliphatic carbocycles. The van der Waals surface area contributed by atoms with E-state index < -0.39 is 0 Å². The third-order valence-electron chi connectivity index (χ3n) is 3.16. The molecule has 0 saturated carbocycles. The topological polar surface area (TPSA) is 33.7 Å². The molecule has 0 spiro atoms. The van der Waals surface area contributed by atoms with E-state index >= 15 is 0 Å². The Hall–Kier alpha value is -0.160. The number of ether oxygens (including phenoxy) is 2. The van der Waals surface area contributed by atoms with Gasteiger partial charge in [0, 0.05) is 38.4 Å². The van der Waals surface area contributed by atoms with Crippen LogP contribution in [0.1, 0.15) is 27.2 Å². The van der Waals surface area contributed by atoms with Gasteiger partial charge in [0.05, 0.1) is 0 Å². The molecule has 0 amide bonds. The molecule has 2 unspecified atom stereocenters. The summed E-state index contributed by atoms with van der Waals surface area (Å²) in [7, 11) is 2.18. The van der Waals surface area contributed by atoms with Crippen molar-refractivity contribution in [3.05, 3.63) is 0 Å². The van der Waals surface area contributed by atoms with E-state index in [9.17, 15) is 0 Å². The molecule has 1 saturated heterocycles. The fraction of sp³-hybridized carbons (Fsp3) is 1.00. The minimum atomic E-state index is -0.101. The van der Waals surface area contributed by atoms with Gasteiger partial charge in [-0.25, -0.2) is 0 Å². The van der Waals surface area contributed by atoms with Gasteiger partial charge in [0.15, 0.2) is 6.29 Å². The zero-order valence-corrected chi connectivity index (χ0v) is 11.0. The highest BCUT2D eigenvalue weighted by atomic mass is 16.7. The average molecular weight is 230 g/mol. The summed E-state index contributed by atoms with van der Waals surface area (Å²) >= 11 is 0. The lowest BCUT2D eigenvalue weighted by Gasteiger charge is -2.20. The minimum Gasteiger partial charge on any atom is -0.352 e. The number of likely N-dealkylation sites (tertiary alicyclic amines) is 1. The van der Waals surface area contributed by atoms with Crippen LogP contribution in [-0.4, -0.2) is 56.6 Å². The molecule has 2 atom stereocenters. The van der Waals surface area contributed by atoms with Crippen LogP contribution in [0.2, 0.25) is 0 Å². The van der Waals surface area contributed by atoms with Gasteiger partial charge in [-0.05, 0) is 34.2 Å². The van der Waals surface area contributed by atoms with Crippen molar-refractivity contribution in [3.8, 4) is 0 Å². The average Bonchev–Trinajstić information content (AvgIpc) is 2.56. The third-order valence-corrected chi connectivity index (χ3v) is 3.16. The summed E-state index contributed by atoms with van der Waals surface area (Å²) in [6, 6.07) is 1.25. The lowest BCUT2D eigenvalue weighted by atomic mass is 10.2. The summed E-state index contributed by atoms with van der Waals surface area (Å²) in [4.78, 5) is 2.38. The summed E-state index contributed by atoms with van der Waals surface area (Å²) in [5.74, 6) is 0. The molecule has 1 rings (SSSR count). The summed E-state index contributed by atoms with van der Waals surface area (Å²) in [6.45, 7) is 9.57. The largest absolute Gasteiger partial charge is 0.352 e. The van der Waals surface area contributed by atoms with Crippen molar-refractivity contribution in [2.24, 2.45) is 0 Å². The maximum Gasteiger partial charge on any atom is 0.169 e. The summed E-state index contributed by atoms with van der Waals surface area (Å²) < 4.78 is 11.0. The van der Waals surface area contributed by atoms with E-state index in [4.69, 9.17) is 9.47 Å². The Morgan fingerprint density at radius 1 is 1.31 bits per heavy atom. The number of likely N-dealkylation sites (N-methyl/N-ethyl adjacent to an activating group) is 1. The number of hydrogen-bond donors (Lipinski definition) is 1. The minimum absolute atomic E-state index is 0.101. The molecule has 4 nitrogen and oxygen atoms in total. The molecule has 0 bridgehead atoms. The van der Waals surface area contributed by atoms with Crippen molar-refractivity contribution in [2.75, 3.05) is 33.4 Å². The second-order valence-corrected chi connectivity index (χ2v) is 4.47. The van der Waals surface area contributed by atoms with Gasteiger partial charge in [-0.1, -0.05) is 0 Å². The fourth-order valence-corrected chi connectivity index (χ4v) is 2.14. The van der Waals surface area contributed by atoms with Crippen LogP contribution < -0.4 is 5.32 Å². The molecule has 1 fully saturated rings. The molecular weight excluding hydrogens is 204 g/mol. The number of hydrogen-bond acceptors (Lipinski definition) is 4. The first-order chi connectivity index (χ1) is 7.67. The summed E-state index contributed by atoms with van der Waals surface area (Å²) in [6.07, 6.45) is 1.11. The van der Waals surface area contributed by atoms with E-state index in [0.717, 1.165) is 13.1 Å². The lowest BCUT2D eigenvalue weighted by molar-refractivity contribution is -0.133. The van der Waals surface area contributed by atoms with Crippen LogP contribution in [0.15, 0.2) is 0 Å². The van der Waals surface area contributed by atoms with Gasteiger partial charge in [-0.2, -0.15) is 0 Å². The van der Waals surface area contributed by atoms with Gasteiger partial charge in [-0.15, -0.1) is 0 Å². The highest BCUT2D eigenvalue weighted by Crippen LogP contribution is 2.14. The molecule has 0 aromatic heterocycles. The maximum absolute atomic E-state index is 5.50. The number of nitrogens with one attached hydrogen (secondary N) is 1. The second kappa shape index (κ2) is 7.22. The predicted octanol–water partition coefficient (Wildman–Crippen LogP) is 1.07. The van der Waals surface area contributed by atoms with E-state index in [1.54, 1.807) is 0 Å². The highest BCUT2D eigenvalue weighted by molar-refractivity contribution is 4.85. The van der Waals surface area contributed by atoms with Crippen LogP contribution in [0.25, 0.3) is 0 Å². The molecule has 1 N–H and O–H groups in total. The molecule has 0 radical (unpaired) electrons. The van der Waals surface area contributed by atoms with Crippen molar-refractivity contribution in [1.82, 2.24) is 10.2 Å². The molecule has 16 heavy (non-hydrogen) atoms. The van der Waals surface area contributed by atoms with Gasteiger partial charge in [0.25, 0.3) is 0 Å². The molecule has 1 heterocycles. The van der Waals surface area contributed by atoms with Crippen molar-refractivity contribution in [3.63, 3.8) is 0 Å².